The summed E-state index contributed by atoms with van der Waals surface area (Å²) in [6.07, 6.45) is 1.39. The molecule has 0 bridgehead atoms. The van der Waals surface area contributed by atoms with Crippen LogP contribution in [0.25, 0.3) is 0 Å². The Morgan fingerprint density at radius 2 is 1.88 bits per heavy atom. The Bertz CT molecular complexity index is 313. The van der Waals surface area contributed by atoms with E-state index in [4.69, 9.17) is 0 Å². The molecule has 0 aromatic carbocycles. The average molecular weight is 249 g/mol. The molecule has 0 aromatic heterocycles. The summed E-state index contributed by atoms with van der Waals surface area (Å²) in [6, 6.07) is -0.0255. The monoisotopic (exact) mass is 249 g/mol. The van der Waals surface area contributed by atoms with Gasteiger partial charge in [-0.1, -0.05) is 13.8 Å². The largest absolute Gasteiger partial charge is 0.390 e. The number of sulfone groups is 1. The van der Waals surface area contributed by atoms with Crippen LogP contribution < -0.4 is 5.32 Å². The fourth-order valence-corrected chi connectivity index (χ4v) is 3.77. The van der Waals surface area contributed by atoms with Gasteiger partial charge in [0.05, 0.1) is 17.6 Å². The van der Waals surface area contributed by atoms with E-state index in [2.05, 4.69) is 19.2 Å². The fraction of sp³-hybridized carbons (Fsp3) is 1.00. The lowest BCUT2D eigenvalue weighted by atomic mass is 10.0. The van der Waals surface area contributed by atoms with Crippen molar-refractivity contribution in [3.8, 4) is 0 Å². The van der Waals surface area contributed by atoms with Gasteiger partial charge in [-0.05, 0) is 25.7 Å². The van der Waals surface area contributed by atoms with E-state index in [0.717, 1.165) is 12.8 Å². The topological polar surface area (TPSA) is 66.4 Å². The quantitative estimate of drug-likeness (QED) is 0.747. The zero-order chi connectivity index (χ0) is 12.3. The molecule has 1 heterocycles. The van der Waals surface area contributed by atoms with E-state index in [0.29, 0.717) is 5.92 Å². The Balaban J connectivity index is 2.37. The lowest BCUT2D eigenvalue weighted by Crippen LogP contribution is -2.43. The molecule has 1 saturated heterocycles. The van der Waals surface area contributed by atoms with Crippen LogP contribution in [-0.2, 0) is 9.84 Å². The number of nitrogens with one attached hydrogen (secondary N) is 1. The number of rotatable bonds is 5. The van der Waals surface area contributed by atoms with Gasteiger partial charge < -0.3 is 10.4 Å². The van der Waals surface area contributed by atoms with E-state index < -0.39 is 15.9 Å². The van der Waals surface area contributed by atoms with Crippen molar-refractivity contribution in [3.05, 3.63) is 0 Å². The molecule has 3 unspecified atom stereocenters. The summed E-state index contributed by atoms with van der Waals surface area (Å²) in [6.45, 7) is 6.38. The van der Waals surface area contributed by atoms with E-state index in [1.165, 1.54) is 0 Å². The highest BCUT2D eigenvalue weighted by atomic mass is 32.2. The van der Waals surface area contributed by atoms with Gasteiger partial charge in [-0.15, -0.1) is 0 Å². The predicted octanol–water partition coefficient (Wildman–Crippen LogP) is 0.559. The molecule has 3 atom stereocenters. The van der Waals surface area contributed by atoms with Crippen LogP contribution in [-0.4, -0.2) is 43.2 Å². The van der Waals surface area contributed by atoms with Crippen molar-refractivity contribution in [2.75, 3.05) is 11.5 Å². The number of aliphatic hydroxyl groups is 1. The van der Waals surface area contributed by atoms with Crippen molar-refractivity contribution in [2.24, 2.45) is 5.92 Å². The van der Waals surface area contributed by atoms with Gasteiger partial charge in [0.25, 0.3) is 0 Å². The third-order valence-electron chi connectivity index (χ3n) is 3.00. The van der Waals surface area contributed by atoms with Crippen molar-refractivity contribution >= 4 is 9.84 Å². The first-order valence-electron chi connectivity index (χ1n) is 5.94. The molecule has 2 N–H and O–H groups in total. The molecule has 0 aliphatic carbocycles. The molecular formula is C11H23NO3S. The van der Waals surface area contributed by atoms with E-state index in [-0.39, 0.29) is 23.6 Å². The average Bonchev–Trinajstić information content (AvgIpc) is 2.36. The SMILES string of the molecule is CC(C)CCC(C)NC1CS(=O)(=O)CC1O. The molecule has 1 aliphatic rings. The normalized spacial score (nSPS) is 30.8. The second kappa shape index (κ2) is 5.47. The maximum absolute atomic E-state index is 11.3. The van der Waals surface area contributed by atoms with Crippen molar-refractivity contribution in [1.82, 2.24) is 5.32 Å². The van der Waals surface area contributed by atoms with Crippen molar-refractivity contribution < 1.29 is 13.5 Å². The summed E-state index contributed by atoms with van der Waals surface area (Å²) in [5, 5.41) is 12.8. The van der Waals surface area contributed by atoms with Crippen molar-refractivity contribution in [2.45, 2.75) is 51.8 Å². The molecule has 1 rings (SSSR count). The molecule has 0 amide bonds. The summed E-state index contributed by atoms with van der Waals surface area (Å²) >= 11 is 0. The molecule has 5 heteroatoms. The maximum atomic E-state index is 11.3. The van der Waals surface area contributed by atoms with E-state index >= 15 is 0 Å². The maximum Gasteiger partial charge on any atom is 0.154 e. The Hall–Kier alpha value is -0.130. The second-order valence-corrected chi connectivity index (χ2v) is 7.44. The van der Waals surface area contributed by atoms with Gasteiger partial charge in [0, 0.05) is 12.1 Å². The molecule has 96 valence electrons. The second-order valence-electron chi connectivity index (χ2n) is 5.29. The standard InChI is InChI=1S/C11H23NO3S/c1-8(2)4-5-9(3)12-10-6-16(14,15)7-11(10)13/h8-13H,4-7H2,1-3H3. The molecule has 0 aromatic rings. The highest BCUT2D eigenvalue weighted by Crippen LogP contribution is 2.14. The third kappa shape index (κ3) is 4.39. The molecule has 0 saturated carbocycles. The summed E-state index contributed by atoms with van der Waals surface area (Å²) in [7, 11) is -3.03. The van der Waals surface area contributed by atoms with Crippen LogP contribution in [0.15, 0.2) is 0 Å². The lowest BCUT2D eigenvalue weighted by Gasteiger charge is -2.21. The van der Waals surface area contributed by atoms with Gasteiger partial charge in [0.15, 0.2) is 9.84 Å². The van der Waals surface area contributed by atoms with E-state index in [1.807, 2.05) is 6.92 Å². The Morgan fingerprint density at radius 3 is 2.31 bits per heavy atom. The zero-order valence-electron chi connectivity index (χ0n) is 10.3. The molecular weight excluding hydrogens is 226 g/mol. The summed E-state index contributed by atoms with van der Waals surface area (Å²) in [4.78, 5) is 0. The lowest BCUT2D eigenvalue weighted by molar-refractivity contribution is 0.158. The molecule has 16 heavy (non-hydrogen) atoms. The first-order valence-corrected chi connectivity index (χ1v) is 7.77. The summed E-state index contributed by atoms with van der Waals surface area (Å²) in [5.41, 5.74) is 0. The van der Waals surface area contributed by atoms with Gasteiger partial charge in [-0.25, -0.2) is 8.42 Å². The highest BCUT2D eigenvalue weighted by Gasteiger charge is 2.36. The van der Waals surface area contributed by atoms with E-state index in [9.17, 15) is 13.5 Å². The number of hydrogen-bond acceptors (Lipinski definition) is 4. The van der Waals surface area contributed by atoms with Crippen LogP contribution in [0.1, 0.15) is 33.6 Å². The van der Waals surface area contributed by atoms with Gasteiger partial charge >= 0.3 is 0 Å². The fourth-order valence-electron chi connectivity index (χ4n) is 2.02. The molecule has 1 aliphatic heterocycles. The van der Waals surface area contributed by atoms with Crippen LogP contribution in [0.4, 0.5) is 0 Å². The number of aliphatic hydroxyl groups excluding tert-OH is 1. The smallest absolute Gasteiger partial charge is 0.154 e. The minimum absolute atomic E-state index is 0.0696. The van der Waals surface area contributed by atoms with Crippen LogP contribution in [0, 0.1) is 5.92 Å². The van der Waals surface area contributed by atoms with Crippen molar-refractivity contribution in [1.29, 1.82) is 0 Å². The van der Waals surface area contributed by atoms with E-state index in [1.54, 1.807) is 0 Å². The first kappa shape index (κ1) is 13.9. The van der Waals surface area contributed by atoms with Crippen LogP contribution in [0.2, 0.25) is 0 Å². The number of hydrogen-bond donors (Lipinski definition) is 2. The van der Waals surface area contributed by atoms with Gasteiger partial charge in [-0.2, -0.15) is 0 Å². The summed E-state index contributed by atoms with van der Waals surface area (Å²) in [5.74, 6) is 0.628. The predicted molar refractivity (Wildman–Crippen MR) is 65.1 cm³/mol. The Morgan fingerprint density at radius 1 is 1.25 bits per heavy atom. The minimum Gasteiger partial charge on any atom is -0.390 e. The van der Waals surface area contributed by atoms with Crippen LogP contribution >= 0.6 is 0 Å². The molecule has 4 nitrogen and oxygen atoms in total. The Labute approximate surface area is 98.4 Å². The first-order chi connectivity index (χ1) is 7.30. The highest BCUT2D eigenvalue weighted by molar-refractivity contribution is 7.91. The summed E-state index contributed by atoms with van der Waals surface area (Å²) < 4.78 is 22.6. The Kier molecular flexibility index (Phi) is 4.76. The van der Waals surface area contributed by atoms with Gasteiger partial charge in [-0.3, -0.25) is 0 Å². The zero-order valence-corrected chi connectivity index (χ0v) is 11.1. The molecule has 1 fully saturated rings. The van der Waals surface area contributed by atoms with Gasteiger partial charge in [0.2, 0.25) is 0 Å². The third-order valence-corrected chi connectivity index (χ3v) is 4.71. The minimum atomic E-state index is -3.03. The van der Waals surface area contributed by atoms with Crippen LogP contribution in [0.3, 0.4) is 0 Å². The van der Waals surface area contributed by atoms with Crippen molar-refractivity contribution in [3.63, 3.8) is 0 Å². The molecule has 0 radical (unpaired) electrons. The molecule has 0 spiro atoms. The van der Waals surface area contributed by atoms with Crippen LogP contribution in [0.5, 0.6) is 0 Å². The van der Waals surface area contributed by atoms with Gasteiger partial charge in [0.1, 0.15) is 0 Å².